The molecule has 1 saturated carbocycles. The summed E-state index contributed by atoms with van der Waals surface area (Å²) in [6.07, 6.45) is -0.489. The molecule has 148 valence electrons. The maximum absolute atomic E-state index is 12.7. The number of alkyl halides is 3. The van der Waals surface area contributed by atoms with E-state index >= 15 is 0 Å². The van der Waals surface area contributed by atoms with Gasteiger partial charge in [0.05, 0.1) is 13.2 Å². The summed E-state index contributed by atoms with van der Waals surface area (Å²) in [5, 5.41) is 0. The molecule has 4 fully saturated rings. The fourth-order valence-electron chi connectivity index (χ4n) is 5.56. The van der Waals surface area contributed by atoms with Crippen molar-refractivity contribution in [3.8, 4) is 0 Å². The molecule has 0 aromatic carbocycles. The Balaban J connectivity index is 1.07. The van der Waals surface area contributed by atoms with E-state index in [1.54, 1.807) is 6.92 Å². The highest BCUT2D eigenvalue weighted by molar-refractivity contribution is 5.18. The summed E-state index contributed by atoms with van der Waals surface area (Å²) >= 11 is 0. The van der Waals surface area contributed by atoms with E-state index in [2.05, 4.69) is 19.8 Å². The summed E-state index contributed by atoms with van der Waals surface area (Å²) in [5.41, 5.74) is 2.16. The molecule has 4 aliphatic rings. The Morgan fingerprint density at radius 1 is 1.11 bits per heavy atom. The molecule has 8 heteroatoms. The third-order valence-electron chi connectivity index (χ3n) is 6.74. The van der Waals surface area contributed by atoms with Gasteiger partial charge < -0.3 is 9.64 Å². The topological polar surface area (TPSA) is 41.5 Å². The first-order chi connectivity index (χ1) is 12.7. The summed E-state index contributed by atoms with van der Waals surface area (Å²) in [4.78, 5) is 12.0. The van der Waals surface area contributed by atoms with E-state index in [0.29, 0.717) is 23.1 Å². The fraction of sp³-hybridized carbons (Fsp3) is 0.789. The number of hydrogen-bond acceptors (Lipinski definition) is 5. The molecule has 3 saturated heterocycles. The van der Waals surface area contributed by atoms with Crippen LogP contribution in [0.1, 0.15) is 29.9 Å². The number of halogens is 3. The maximum atomic E-state index is 12.7. The Kier molecular flexibility index (Phi) is 3.88. The van der Waals surface area contributed by atoms with Crippen LogP contribution < -0.4 is 0 Å². The zero-order valence-corrected chi connectivity index (χ0v) is 15.6. The molecule has 27 heavy (non-hydrogen) atoms. The molecule has 0 unspecified atom stereocenters. The Labute approximate surface area is 156 Å². The van der Waals surface area contributed by atoms with Gasteiger partial charge in [0.2, 0.25) is 5.82 Å². The Morgan fingerprint density at radius 2 is 1.78 bits per heavy atom. The second kappa shape index (κ2) is 5.87. The molecule has 1 aromatic heterocycles. The minimum absolute atomic E-state index is 0.404. The molecule has 0 N–H and O–H groups in total. The van der Waals surface area contributed by atoms with E-state index in [-0.39, 0.29) is 0 Å². The van der Waals surface area contributed by atoms with Crippen LogP contribution in [-0.2, 0) is 17.5 Å². The zero-order chi connectivity index (χ0) is 18.9. The van der Waals surface area contributed by atoms with Crippen LogP contribution in [0.5, 0.6) is 0 Å². The van der Waals surface area contributed by atoms with Crippen LogP contribution in [0.15, 0.2) is 6.20 Å². The van der Waals surface area contributed by atoms with Crippen LogP contribution >= 0.6 is 0 Å². The normalized spacial score (nSPS) is 27.1. The van der Waals surface area contributed by atoms with Crippen molar-refractivity contribution >= 4 is 0 Å². The predicted molar refractivity (Wildman–Crippen MR) is 91.9 cm³/mol. The lowest BCUT2D eigenvalue weighted by atomic mass is 9.60. The lowest BCUT2D eigenvalue weighted by molar-refractivity contribution is -0.191. The van der Waals surface area contributed by atoms with Crippen molar-refractivity contribution in [1.29, 1.82) is 0 Å². The molecule has 4 heterocycles. The first-order valence-electron chi connectivity index (χ1n) is 9.67. The quantitative estimate of drug-likeness (QED) is 0.800. The summed E-state index contributed by atoms with van der Waals surface area (Å²) in [7, 11) is 0. The first-order valence-corrected chi connectivity index (χ1v) is 9.67. The molecule has 0 atom stereocenters. The van der Waals surface area contributed by atoms with Crippen molar-refractivity contribution in [2.24, 2.45) is 16.7 Å². The summed E-state index contributed by atoms with van der Waals surface area (Å²) < 4.78 is 43.4. The van der Waals surface area contributed by atoms with Gasteiger partial charge in [-0.3, -0.25) is 4.90 Å². The smallest absolute Gasteiger partial charge is 0.380 e. The fourth-order valence-corrected chi connectivity index (χ4v) is 5.56. The highest BCUT2D eigenvalue weighted by Crippen LogP contribution is 2.52. The van der Waals surface area contributed by atoms with E-state index in [4.69, 9.17) is 4.74 Å². The van der Waals surface area contributed by atoms with Crippen LogP contribution in [0.3, 0.4) is 0 Å². The summed E-state index contributed by atoms with van der Waals surface area (Å²) in [5.74, 6) is -0.209. The molecule has 3 aliphatic heterocycles. The van der Waals surface area contributed by atoms with Crippen LogP contribution in [0.25, 0.3) is 0 Å². The van der Waals surface area contributed by atoms with Crippen LogP contribution in [0.2, 0.25) is 0 Å². The van der Waals surface area contributed by atoms with Gasteiger partial charge in [-0.15, -0.1) is 0 Å². The number of likely N-dealkylation sites (tertiary alicyclic amines) is 2. The van der Waals surface area contributed by atoms with Crippen molar-refractivity contribution in [3.05, 3.63) is 23.3 Å². The molecule has 2 spiro atoms. The lowest BCUT2D eigenvalue weighted by Gasteiger charge is -2.62. The van der Waals surface area contributed by atoms with Crippen molar-refractivity contribution < 1.29 is 17.9 Å². The largest absolute Gasteiger partial charge is 0.451 e. The minimum Gasteiger partial charge on any atom is -0.380 e. The van der Waals surface area contributed by atoms with Crippen molar-refractivity contribution in [2.75, 3.05) is 45.9 Å². The highest BCUT2D eigenvalue weighted by atomic mass is 19.4. The van der Waals surface area contributed by atoms with Gasteiger partial charge in [-0.2, -0.15) is 13.2 Å². The molecule has 5 rings (SSSR count). The molecule has 0 amide bonds. The van der Waals surface area contributed by atoms with Crippen LogP contribution in [0, 0.1) is 23.7 Å². The third-order valence-corrected chi connectivity index (χ3v) is 6.74. The monoisotopic (exact) mass is 382 g/mol. The summed E-state index contributed by atoms with van der Waals surface area (Å²) in [6.45, 7) is 9.78. The first kappa shape index (κ1) is 17.8. The SMILES string of the molecule is Cc1nc(C(F)(F)F)ncc1CN1CC2(C1)CN(CC1CC3(COC3)C1)C2. The molecule has 0 radical (unpaired) electrons. The second-order valence-electron chi connectivity index (χ2n) is 9.38. The average Bonchev–Trinajstić information content (AvgIpc) is 2.43. The Hall–Kier alpha value is -1.25. The van der Waals surface area contributed by atoms with Gasteiger partial charge in [-0.25, -0.2) is 9.97 Å². The van der Waals surface area contributed by atoms with E-state index in [1.807, 2.05) is 0 Å². The average molecular weight is 382 g/mol. The van der Waals surface area contributed by atoms with Gasteiger partial charge in [-0.1, -0.05) is 0 Å². The van der Waals surface area contributed by atoms with Gasteiger partial charge in [0, 0.05) is 67.6 Å². The zero-order valence-electron chi connectivity index (χ0n) is 15.6. The number of rotatable bonds is 4. The minimum atomic E-state index is -4.48. The van der Waals surface area contributed by atoms with Gasteiger partial charge >= 0.3 is 6.18 Å². The lowest BCUT2D eigenvalue weighted by Crippen LogP contribution is -2.72. The van der Waals surface area contributed by atoms with Crippen LogP contribution in [-0.4, -0.2) is 65.7 Å². The van der Waals surface area contributed by atoms with Gasteiger partial charge in [0.15, 0.2) is 0 Å². The number of aromatic nitrogens is 2. The molecule has 0 bridgehead atoms. The molecule has 1 aliphatic carbocycles. The number of ether oxygens (including phenoxy) is 1. The highest BCUT2D eigenvalue weighted by Gasteiger charge is 2.54. The standard InChI is InChI=1S/C19H25F3N4O/c1-13-15(4-23-16(24-13)19(20,21)22)6-26-9-18(10-26)7-25(8-18)5-14-2-17(3-14)11-27-12-17/h4,14H,2-3,5-12H2,1H3. The van der Waals surface area contributed by atoms with Gasteiger partial charge in [0.25, 0.3) is 0 Å². The van der Waals surface area contributed by atoms with Crippen molar-refractivity contribution in [3.63, 3.8) is 0 Å². The van der Waals surface area contributed by atoms with E-state index in [1.165, 1.54) is 25.6 Å². The molecular formula is C19H25F3N4O. The van der Waals surface area contributed by atoms with E-state index < -0.39 is 12.0 Å². The molecule has 5 nitrogen and oxygen atoms in total. The van der Waals surface area contributed by atoms with Gasteiger partial charge in [-0.05, 0) is 25.7 Å². The Morgan fingerprint density at radius 3 is 2.33 bits per heavy atom. The second-order valence-corrected chi connectivity index (χ2v) is 9.38. The van der Waals surface area contributed by atoms with E-state index in [9.17, 15) is 13.2 Å². The van der Waals surface area contributed by atoms with Crippen LogP contribution in [0.4, 0.5) is 13.2 Å². The number of hydrogen-bond donors (Lipinski definition) is 0. The van der Waals surface area contributed by atoms with E-state index in [0.717, 1.165) is 50.9 Å². The molecular weight excluding hydrogens is 357 g/mol. The van der Waals surface area contributed by atoms with Crippen molar-refractivity contribution in [2.45, 2.75) is 32.5 Å². The number of aryl methyl sites for hydroxylation is 1. The van der Waals surface area contributed by atoms with Gasteiger partial charge in [0.1, 0.15) is 0 Å². The number of nitrogens with zero attached hydrogens (tertiary/aromatic N) is 4. The third kappa shape index (κ3) is 3.15. The Bertz CT molecular complexity index is 727. The maximum Gasteiger partial charge on any atom is 0.451 e. The van der Waals surface area contributed by atoms with Crippen molar-refractivity contribution in [1.82, 2.24) is 19.8 Å². The molecule has 1 aromatic rings. The summed E-state index contributed by atoms with van der Waals surface area (Å²) in [6, 6.07) is 0. The predicted octanol–water partition coefficient (Wildman–Crippen LogP) is 2.35.